The Hall–Kier alpha value is -6.72. The third-order valence-corrected chi connectivity index (χ3v) is 10.4. The van der Waals surface area contributed by atoms with Gasteiger partial charge in [0.05, 0.1) is 16.7 Å². The van der Waals surface area contributed by atoms with Crippen LogP contribution in [0.2, 0.25) is 0 Å². The predicted octanol–water partition coefficient (Wildman–Crippen LogP) is 11.0. The molecule has 10 rings (SSSR count). The number of para-hydroxylation sites is 2. The monoisotopic (exact) mass is 667 g/mol. The van der Waals surface area contributed by atoms with Crippen LogP contribution >= 0.6 is 0 Å². The highest BCUT2D eigenvalue weighted by Crippen LogP contribution is 2.44. The van der Waals surface area contributed by atoms with E-state index in [0.717, 1.165) is 40.0 Å². The Bertz CT molecular complexity index is 2780. The molecule has 1 atom stereocenters. The lowest BCUT2D eigenvalue weighted by molar-refractivity contribution is 0.577. The zero-order chi connectivity index (χ0) is 34.6. The lowest BCUT2D eigenvalue weighted by atomic mass is 9.74. The molecule has 0 saturated heterocycles. The number of aromatic nitrogens is 5. The van der Waals surface area contributed by atoms with Crippen molar-refractivity contribution in [3.05, 3.63) is 181 Å². The van der Waals surface area contributed by atoms with Crippen molar-refractivity contribution in [1.29, 1.82) is 0 Å². The first-order valence-corrected chi connectivity index (χ1v) is 17.7. The second kappa shape index (κ2) is 12.0. The van der Waals surface area contributed by atoms with Gasteiger partial charge in [-0.25, -0.2) is 15.0 Å². The summed E-state index contributed by atoms with van der Waals surface area (Å²) in [7, 11) is 0. The summed E-state index contributed by atoms with van der Waals surface area (Å²) in [5, 5.41) is 4.89. The van der Waals surface area contributed by atoms with Crippen LogP contribution in [-0.2, 0) is 11.8 Å². The molecule has 52 heavy (non-hydrogen) atoms. The molecule has 0 saturated carbocycles. The van der Waals surface area contributed by atoms with E-state index in [2.05, 4.69) is 121 Å². The van der Waals surface area contributed by atoms with E-state index >= 15 is 0 Å². The smallest absolute Gasteiger partial charge is 0.164 e. The highest BCUT2D eigenvalue weighted by Gasteiger charge is 2.34. The van der Waals surface area contributed by atoms with Gasteiger partial charge in [-0.15, -0.1) is 0 Å². The van der Waals surface area contributed by atoms with Crippen LogP contribution in [0.5, 0.6) is 0 Å². The molecule has 246 valence electrons. The Labute approximate surface area is 301 Å². The molecule has 3 heterocycles. The Morgan fingerprint density at radius 2 is 1.06 bits per heavy atom. The molecule has 1 aliphatic rings. The van der Waals surface area contributed by atoms with Gasteiger partial charge in [0.1, 0.15) is 0 Å². The SMILES string of the molecule is CC1(c2nc3ccccc3c3ccccc23)C=Cc2c(c3ccccc3n2-c2cccc(-c3nc(-c4ccccc4)nc(-c4ccccc4)n3)c2)C1. The molecule has 6 aromatic carbocycles. The number of benzene rings is 6. The Morgan fingerprint density at radius 1 is 0.500 bits per heavy atom. The van der Waals surface area contributed by atoms with Crippen molar-refractivity contribution in [3.63, 3.8) is 0 Å². The number of fused-ring (bicyclic) bond motifs is 6. The third kappa shape index (κ3) is 4.93. The van der Waals surface area contributed by atoms with E-state index in [-0.39, 0.29) is 5.41 Å². The number of nitrogens with zero attached hydrogens (tertiary/aromatic N) is 5. The van der Waals surface area contributed by atoms with E-state index in [9.17, 15) is 0 Å². The van der Waals surface area contributed by atoms with Gasteiger partial charge in [0.25, 0.3) is 0 Å². The molecule has 5 nitrogen and oxygen atoms in total. The van der Waals surface area contributed by atoms with Gasteiger partial charge in [0.15, 0.2) is 17.5 Å². The average molecular weight is 668 g/mol. The standard InChI is InChI=1S/C47H33N5/c1-47(43-38-24-9-8-21-35(38)36-22-10-12-25-40(36)48-43)28-27-42-39(30-47)37-23-11-13-26-41(37)52(42)34-20-14-19-33(29-34)46-50-44(31-15-4-2-5-16-31)49-45(51-46)32-17-6-3-7-18-32/h2-29H,30H2,1H3. The van der Waals surface area contributed by atoms with Crippen LogP contribution in [0.25, 0.3) is 78.5 Å². The summed E-state index contributed by atoms with van der Waals surface area (Å²) < 4.78 is 2.38. The molecule has 0 spiro atoms. The van der Waals surface area contributed by atoms with Crippen molar-refractivity contribution in [1.82, 2.24) is 24.5 Å². The summed E-state index contributed by atoms with van der Waals surface area (Å²) in [5.74, 6) is 1.93. The second-order valence-corrected chi connectivity index (χ2v) is 13.8. The van der Waals surface area contributed by atoms with Gasteiger partial charge in [0.2, 0.25) is 0 Å². The van der Waals surface area contributed by atoms with Crippen LogP contribution in [0.15, 0.2) is 164 Å². The number of pyridine rings is 1. The van der Waals surface area contributed by atoms with Crippen molar-refractivity contribution >= 4 is 38.7 Å². The van der Waals surface area contributed by atoms with Crippen LogP contribution in [-0.4, -0.2) is 24.5 Å². The fourth-order valence-electron chi connectivity index (χ4n) is 7.88. The summed E-state index contributed by atoms with van der Waals surface area (Å²) >= 11 is 0. The van der Waals surface area contributed by atoms with Gasteiger partial charge in [-0.3, -0.25) is 4.98 Å². The first-order valence-electron chi connectivity index (χ1n) is 17.7. The van der Waals surface area contributed by atoms with Crippen molar-refractivity contribution in [2.75, 3.05) is 0 Å². The highest BCUT2D eigenvalue weighted by molar-refractivity contribution is 6.07. The molecule has 0 amide bonds. The number of hydrogen-bond acceptors (Lipinski definition) is 4. The summed E-state index contributed by atoms with van der Waals surface area (Å²) in [5.41, 5.74) is 9.40. The molecule has 0 fully saturated rings. The third-order valence-electron chi connectivity index (χ3n) is 10.4. The number of allylic oxidation sites excluding steroid dienone is 1. The lowest BCUT2D eigenvalue weighted by Gasteiger charge is -2.31. The highest BCUT2D eigenvalue weighted by atomic mass is 15.0. The van der Waals surface area contributed by atoms with Crippen molar-refractivity contribution in [2.24, 2.45) is 0 Å². The van der Waals surface area contributed by atoms with E-state index in [1.807, 2.05) is 60.7 Å². The van der Waals surface area contributed by atoms with E-state index in [4.69, 9.17) is 19.9 Å². The Balaban J connectivity index is 1.12. The number of hydrogen-bond donors (Lipinski definition) is 0. The maximum absolute atomic E-state index is 5.34. The van der Waals surface area contributed by atoms with Crippen molar-refractivity contribution in [3.8, 4) is 39.9 Å². The first-order chi connectivity index (χ1) is 25.6. The fourth-order valence-corrected chi connectivity index (χ4v) is 7.88. The Kier molecular flexibility index (Phi) is 6.93. The topological polar surface area (TPSA) is 56.5 Å². The van der Waals surface area contributed by atoms with E-state index in [1.165, 1.54) is 38.3 Å². The van der Waals surface area contributed by atoms with Crippen LogP contribution in [0.3, 0.4) is 0 Å². The molecule has 1 unspecified atom stereocenters. The zero-order valence-corrected chi connectivity index (χ0v) is 28.6. The molecule has 5 heteroatoms. The molecule has 3 aromatic heterocycles. The minimum Gasteiger partial charge on any atom is -0.310 e. The van der Waals surface area contributed by atoms with Gasteiger partial charge in [-0.05, 0) is 47.7 Å². The molecule has 9 aromatic rings. The van der Waals surface area contributed by atoms with E-state index in [0.29, 0.717) is 17.5 Å². The van der Waals surface area contributed by atoms with Crippen LogP contribution in [0, 0.1) is 0 Å². The molecule has 0 radical (unpaired) electrons. The lowest BCUT2D eigenvalue weighted by Crippen LogP contribution is -2.27. The molecule has 0 aliphatic heterocycles. The predicted molar refractivity (Wildman–Crippen MR) is 212 cm³/mol. The van der Waals surface area contributed by atoms with Crippen LogP contribution in [0.1, 0.15) is 23.9 Å². The Morgan fingerprint density at radius 3 is 1.77 bits per heavy atom. The van der Waals surface area contributed by atoms with Gasteiger partial charge in [-0.2, -0.15) is 0 Å². The summed E-state index contributed by atoms with van der Waals surface area (Å²) in [4.78, 5) is 20.3. The largest absolute Gasteiger partial charge is 0.310 e. The molecule has 0 N–H and O–H groups in total. The summed E-state index contributed by atoms with van der Waals surface area (Å²) in [6, 6.07) is 54.7. The summed E-state index contributed by atoms with van der Waals surface area (Å²) in [6.07, 6.45) is 5.50. The molecular weight excluding hydrogens is 635 g/mol. The quantitative estimate of drug-likeness (QED) is 0.171. The van der Waals surface area contributed by atoms with Gasteiger partial charge in [-0.1, -0.05) is 146 Å². The van der Waals surface area contributed by atoms with E-state index < -0.39 is 0 Å². The summed E-state index contributed by atoms with van der Waals surface area (Å²) in [6.45, 7) is 2.33. The first kappa shape index (κ1) is 30.1. The van der Waals surface area contributed by atoms with E-state index in [1.54, 1.807) is 0 Å². The number of rotatable bonds is 5. The van der Waals surface area contributed by atoms with Crippen LogP contribution < -0.4 is 0 Å². The average Bonchev–Trinajstić information content (AvgIpc) is 3.54. The second-order valence-electron chi connectivity index (χ2n) is 13.8. The molecular formula is C47H33N5. The zero-order valence-electron chi connectivity index (χ0n) is 28.6. The fraction of sp³-hybridized carbons (Fsp3) is 0.0638. The minimum atomic E-state index is -0.306. The van der Waals surface area contributed by atoms with Gasteiger partial charge >= 0.3 is 0 Å². The maximum Gasteiger partial charge on any atom is 0.164 e. The van der Waals surface area contributed by atoms with Crippen molar-refractivity contribution in [2.45, 2.75) is 18.8 Å². The van der Waals surface area contributed by atoms with Crippen LogP contribution in [0.4, 0.5) is 0 Å². The van der Waals surface area contributed by atoms with Crippen molar-refractivity contribution < 1.29 is 0 Å². The maximum atomic E-state index is 5.34. The molecule has 0 bridgehead atoms. The van der Waals surface area contributed by atoms with Gasteiger partial charge in [0, 0.05) is 49.6 Å². The normalized spacial score (nSPS) is 15.3. The van der Waals surface area contributed by atoms with Gasteiger partial charge < -0.3 is 4.57 Å². The minimum absolute atomic E-state index is 0.306. The molecule has 1 aliphatic carbocycles.